The minimum Gasteiger partial charge on any atom is -0.493 e. The lowest BCUT2D eigenvalue weighted by molar-refractivity contribution is 0.313. The van der Waals surface area contributed by atoms with E-state index >= 15 is 0 Å². The Bertz CT molecular complexity index is 414. The van der Waals surface area contributed by atoms with Gasteiger partial charge in [0.25, 0.3) is 0 Å². The van der Waals surface area contributed by atoms with Crippen molar-refractivity contribution >= 4 is 12.4 Å². The molecule has 1 unspecified atom stereocenters. The highest BCUT2D eigenvalue weighted by Gasteiger charge is 2.17. The first-order valence-electron chi connectivity index (χ1n) is 8.22. The van der Waals surface area contributed by atoms with E-state index in [0.717, 1.165) is 31.1 Å². The molecule has 0 bridgehead atoms. The van der Waals surface area contributed by atoms with Gasteiger partial charge in [-0.25, -0.2) is 0 Å². The first-order chi connectivity index (χ1) is 9.70. The predicted molar refractivity (Wildman–Crippen MR) is 92.7 cm³/mol. The van der Waals surface area contributed by atoms with Crippen molar-refractivity contribution in [3.8, 4) is 5.75 Å². The fourth-order valence-corrected chi connectivity index (χ4v) is 3.15. The maximum absolute atomic E-state index is 5.99. The second kappa shape index (κ2) is 9.32. The van der Waals surface area contributed by atoms with Gasteiger partial charge in [-0.1, -0.05) is 38.3 Å². The summed E-state index contributed by atoms with van der Waals surface area (Å²) in [5.41, 5.74) is 8.77. The van der Waals surface area contributed by atoms with Gasteiger partial charge in [-0.3, -0.25) is 0 Å². The molecule has 0 radical (unpaired) electrons. The van der Waals surface area contributed by atoms with Crippen molar-refractivity contribution in [2.45, 2.75) is 70.8 Å². The van der Waals surface area contributed by atoms with Crippen molar-refractivity contribution < 1.29 is 4.74 Å². The van der Waals surface area contributed by atoms with Crippen LogP contribution in [0.15, 0.2) is 18.2 Å². The lowest BCUT2D eigenvalue weighted by Crippen LogP contribution is -2.19. The number of benzene rings is 1. The Morgan fingerprint density at radius 2 is 1.95 bits per heavy atom. The molecule has 2 nitrogen and oxygen atoms in total. The lowest BCUT2D eigenvalue weighted by Gasteiger charge is -2.23. The van der Waals surface area contributed by atoms with Gasteiger partial charge in [0, 0.05) is 6.04 Å². The smallest absolute Gasteiger partial charge is 0.122 e. The highest BCUT2D eigenvalue weighted by atomic mass is 35.5. The molecule has 1 atom stereocenters. The molecule has 2 rings (SSSR count). The van der Waals surface area contributed by atoms with Crippen molar-refractivity contribution in [1.82, 2.24) is 0 Å². The summed E-state index contributed by atoms with van der Waals surface area (Å²) in [6.45, 7) is 4.99. The zero-order valence-electron chi connectivity index (χ0n) is 13.4. The molecule has 0 spiro atoms. The molecule has 1 saturated carbocycles. The van der Waals surface area contributed by atoms with E-state index in [9.17, 15) is 0 Å². The van der Waals surface area contributed by atoms with Crippen LogP contribution in [0.4, 0.5) is 0 Å². The Labute approximate surface area is 135 Å². The molecule has 0 heterocycles. The van der Waals surface area contributed by atoms with E-state index in [-0.39, 0.29) is 18.4 Å². The largest absolute Gasteiger partial charge is 0.493 e. The molecule has 1 aliphatic rings. The van der Waals surface area contributed by atoms with Crippen LogP contribution in [-0.4, -0.2) is 12.6 Å². The van der Waals surface area contributed by atoms with E-state index in [4.69, 9.17) is 10.5 Å². The van der Waals surface area contributed by atoms with Crippen LogP contribution in [0.1, 0.15) is 69.4 Å². The Morgan fingerprint density at radius 3 is 2.57 bits per heavy atom. The summed E-state index contributed by atoms with van der Waals surface area (Å²) in [4.78, 5) is 0. The molecule has 120 valence electrons. The van der Waals surface area contributed by atoms with Crippen LogP contribution in [0.25, 0.3) is 0 Å². The molecular weight excluding hydrogens is 282 g/mol. The van der Waals surface area contributed by atoms with Crippen LogP contribution in [0.3, 0.4) is 0 Å². The standard InChI is InChI=1S/C18H29NO.ClH/c1-3-11-20-18-10-9-16(13-17(18)12-14(2)19)15-7-5-4-6-8-15;/h9-10,13-15H,3-8,11-12,19H2,1-2H3;1H. The molecule has 0 aromatic heterocycles. The molecule has 1 aromatic rings. The zero-order chi connectivity index (χ0) is 14.4. The third kappa shape index (κ3) is 5.52. The second-order valence-electron chi connectivity index (χ2n) is 6.23. The summed E-state index contributed by atoms with van der Waals surface area (Å²) in [6, 6.07) is 6.97. The minimum absolute atomic E-state index is 0. The van der Waals surface area contributed by atoms with Crippen molar-refractivity contribution in [1.29, 1.82) is 0 Å². The van der Waals surface area contributed by atoms with Gasteiger partial charge in [0.15, 0.2) is 0 Å². The monoisotopic (exact) mass is 311 g/mol. The van der Waals surface area contributed by atoms with Crippen LogP contribution in [-0.2, 0) is 6.42 Å². The number of rotatable bonds is 6. The highest BCUT2D eigenvalue weighted by molar-refractivity contribution is 5.85. The van der Waals surface area contributed by atoms with Gasteiger partial charge in [-0.15, -0.1) is 12.4 Å². The molecule has 1 fully saturated rings. The summed E-state index contributed by atoms with van der Waals surface area (Å²) in [7, 11) is 0. The predicted octanol–water partition coefficient (Wildman–Crippen LogP) is 4.83. The topological polar surface area (TPSA) is 35.2 Å². The summed E-state index contributed by atoms with van der Waals surface area (Å²) in [6.07, 6.45) is 8.78. The fraction of sp³-hybridized carbons (Fsp3) is 0.667. The third-order valence-corrected chi connectivity index (χ3v) is 4.16. The number of hydrogen-bond donors (Lipinski definition) is 1. The molecule has 0 amide bonds. The number of ether oxygens (including phenoxy) is 1. The zero-order valence-corrected chi connectivity index (χ0v) is 14.3. The van der Waals surface area contributed by atoms with E-state index in [0.29, 0.717) is 0 Å². The number of halogens is 1. The Morgan fingerprint density at radius 1 is 1.24 bits per heavy atom. The van der Waals surface area contributed by atoms with Gasteiger partial charge in [0.05, 0.1) is 6.61 Å². The van der Waals surface area contributed by atoms with E-state index in [1.807, 2.05) is 0 Å². The molecule has 1 aromatic carbocycles. The summed E-state index contributed by atoms with van der Waals surface area (Å²) < 4.78 is 5.87. The summed E-state index contributed by atoms with van der Waals surface area (Å²) in [5.74, 6) is 1.78. The first-order valence-corrected chi connectivity index (χ1v) is 8.22. The molecule has 2 N–H and O–H groups in total. The van der Waals surface area contributed by atoms with Crippen molar-refractivity contribution in [3.05, 3.63) is 29.3 Å². The SMILES string of the molecule is CCCOc1ccc(C2CCCCC2)cc1CC(C)N.Cl. The Balaban J connectivity index is 0.00000220. The van der Waals surface area contributed by atoms with Gasteiger partial charge in [0.2, 0.25) is 0 Å². The first kappa shape index (κ1) is 18.3. The highest BCUT2D eigenvalue weighted by Crippen LogP contribution is 2.35. The van der Waals surface area contributed by atoms with E-state index in [2.05, 4.69) is 32.0 Å². The molecule has 1 aliphatic carbocycles. The lowest BCUT2D eigenvalue weighted by atomic mass is 9.83. The Hall–Kier alpha value is -0.730. The summed E-state index contributed by atoms with van der Waals surface area (Å²) in [5, 5.41) is 0. The fourth-order valence-electron chi connectivity index (χ4n) is 3.15. The van der Waals surface area contributed by atoms with Gasteiger partial charge in [0.1, 0.15) is 5.75 Å². The maximum atomic E-state index is 5.99. The van der Waals surface area contributed by atoms with Crippen molar-refractivity contribution in [3.63, 3.8) is 0 Å². The third-order valence-electron chi connectivity index (χ3n) is 4.16. The minimum atomic E-state index is 0. The molecule has 0 saturated heterocycles. The maximum Gasteiger partial charge on any atom is 0.122 e. The van der Waals surface area contributed by atoms with Gasteiger partial charge in [-0.2, -0.15) is 0 Å². The van der Waals surface area contributed by atoms with Crippen LogP contribution < -0.4 is 10.5 Å². The molecule has 0 aliphatic heterocycles. The van der Waals surface area contributed by atoms with Crippen LogP contribution in [0, 0.1) is 0 Å². The Kier molecular flexibility index (Phi) is 8.13. The summed E-state index contributed by atoms with van der Waals surface area (Å²) >= 11 is 0. The molecular formula is C18H30ClNO. The van der Waals surface area contributed by atoms with Gasteiger partial charge >= 0.3 is 0 Å². The average molecular weight is 312 g/mol. The quantitative estimate of drug-likeness (QED) is 0.816. The number of nitrogens with two attached hydrogens (primary N) is 1. The molecule has 21 heavy (non-hydrogen) atoms. The van der Waals surface area contributed by atoms with E-state index < -0.39 is 0 Å². The molecule has 3 heteroatoms. The van der Waals surface area contributed by atoms with Gasteiger partial charge < -0.3 is 10.5 Å². The van der Waals surface area contributed by atoms with Crippen LogP contribution in [0.2, 0.25) is 0 Å². The number of hydrogen-bond acceptors (Lipinski definition) is 2. The van der Waals surface area contributed by atoms with Crippen molar-refractivity contribution in [2.75, 3.05) is 6.61 Å². The van der Waals surface area contributed by atoms with E-state index in [1.54, 1.807) is 0 Å². The van der Waals surface area contributed by atoms with Gasteiger partial charge in [-0.05, 0) is 55.7 Å². The van der Waals surface area contributed by atoms with Crippen molar-refractivity contribution in [2.24, 2.45) is 5.73 Å². The van der Waals surface area contributed by atoms with E-state index in [1.165, 1.54) is 43.2 Å². The average Bonchev–Trinajstić information content (AvgIpc) is 2.46. The van der Waals surface area contributed by atoms with Crippen LogP contribution >= 0.6 is 12.4 Å². The van der Waals surface area contributed by atoms with Crippen LogP contribution in [0.5, 0.6) is 5.75 Å². The normalized spacial score (nSPS) is 17.1. The second-order valence-corrected chi connectivity index (χ2v) is 6.23.